The average Bonchev–Trinajstić information content (AvgIpc) is 1.55. The molecule has 648 valence electrons. The monoisotopic (exact) mass is 1720 g/mol. The first-order valence-electron chi connectivity index (χ1n) is 42.1. The molecule has 2 saturated heterocycles. The molecule has 0 radical (unpaired) electrons. The van der Waals surface area contributed by atoms with E-state index in [1.54, 1.807) is 62.7 Å². The van der Waals surface area contributed by atoms with Crippen molar-refractivity contribution in [1.29, 1.82) is 0 Å². The molecule has 0 unspecified atom stereocenters. The molecule has 3 aliphatic carbocycles. The molecule has 6 aromatic rings. The minimum Gasteiger partial charge on any atom is -0.497 e. The highest BCUT2D eigenvalue weighted by atomic mass is 32.1. The summed E-state index contributed by atoms with van der Waals surface area (Å²) in [6.07, 6.45) is 16.7. The number of benzene rings is 2. The number of carbonyl (C=O) groups is 6. The number of nitrogens with one attached hydrogen (secondary N) is 6. The summed E-state index contributed by atoms with van der Waals surface area (Å²) in [6, 6.07) is 11.1. The Morgan fingerprint density at radius 3 is 1.35 bits per heavy atom. The number of ether oxygens (including phenoxy) is 6. The number of aromatic nitrogens is 4. The molecule has 30 nitrogen and oxygen atoms in total. The third-order valence-electron chi connectivity index (χ3n) is 22.0. The van der Waals surface area contributed by atoms with Crippen LogP contribution >= 0.6 is 37.9 Å². The van der Waals surface area contributed by atoms with Crippen LogP contribution in [0, 0.1) is 11.8 Å². The van der Waals surface area contributed by atoms with Crippen molar-refractivity contribution in [1.82, 2.24) is 51.0 Å². The summed E-state index contributed by atoms with van der Waals surface area (Å²) in [5.74, 6) is -0.200. The number of anilines is 2. The molecule has 7 aliphatic rings. The number of nitrogens with zero attached hydrogens (tertiary/aromatic N) is 6. The van der Waals surface area contributed by atoms with Crippen molar-refractivity contribution in [3.8, 4) is 45.8 Å². The normalized spacial score (nSPS) is 25.2. The van der Waals surface area contributed by atoms with E-state index < -0.39 is 104 Å². The summed E-state index contributed by atoms with van der Waals surface area (Å²) in [4.78, 5) is 108. The first kappa shape index (κ1) is 89.8. The lowest BCUT2D eigenvalue weighted by Crippen LogP contribution is -2.55. The summed E-state index contributed by atoms with van der Waals surface area (Å²) >= 11 is 2.95. The van der Waals surface area contributed by atoms with Crippen molar-refractivity contribution in [3.05, 3.63) is 83.6 Å². The van der Waals surface area contributed by atoms with Gasteiger partial charge in [0.2, 0.25) is 23.6 Å². The second kappa shape index (κ2) is 39.6. The van der Waals surface area contributed by atoms with Gasteiger partial charge in [0, 0.05) is 82.6 Å². The summed E-state index contributed by atoms with van der Waals surface area (Å²) in [5.41, 5.74) is 2.93. The Morgan fingerprint density at radius 2 is 0.958 bits per heavy atom. The first-order chi connectivity index (χ1) is 57.0. The van der Waals surface area contributed by atoms with Crippen LogP contribution in [0.3, 0.4) is 0 Å². The number of fused-ring (bicyclic) bond motifs is 6. The molecule has 34 heteroatoms. The number of pyridine rings is 2. The maximum absolute atomic E-state index is 14.8. The third kappa shape index (κ3) is 21.7. The maximum atomic E-state index is 14.8. The maximum Gasteiger partial charge on any atom is 0.408 e. The number of amides is 6. The molecule has 4 aliphatic heterocycles. The number of alkyl carbamates (subject to hydrolysis) is 2. The van der Waals surface area contributed by atoms with E-state index in [1.807, 2.05) is 105 Å². The molecular weight excluding hydrogens is 1600 g/mol. The van der Waals surface area contributed by atoms with Crippen LogP contribution in [-0.4, -0.2) is 190 Å². The lowest BCUT2D eigenvalue weighted by molar-refractivity contribution is -0.140. The van der Waals surface area contributed by atoms with Gasteiger partial charge in [0.05, 0.1) is 76.2 Å². The fourth-order valence-corrected chi connectivity index (χ4v) is 22.7. The molecule has 13 rings (SSSR count). The zero-order chi connectivity index (χ0) is 85.0. The first-order valence-corrected chi connectivity index (χ1v) is 47.0. The predicted octanol–water partition coefficient (Wildman–Crippen LogP) is 16.2. The minimum atomic E-state index is -3.87. The molecule has 6 N–H and O–H groups in total. The number of hydrogen-bond acceptors (Lipinski definition) is 26. The van der Waals surface area contributed by atoms with Crippen molar-refractivity contribution in [3.63, 3.8) is 0 Å². The van der Waals surface area contributed by atoms with E-state index in [0.29, 0.717) is 106 Å². The van der Waals surface area contributed by atoms with Crippen LogP contribution in [0.15, 0.2) is 83.6 Å². The van der Waals surface area contributed by atoms with E-state index in [9.17, 15) is 37.9 Å². The lowest BCUT2D eigenvalue weighted by atomic mass is 10.0. The smallest absolute Gasteiger partial charge is 0.408 e. The molecular formula is C85H118N12O18P2S2. The van der Waals surface area contributed by atoms with E-state index >= 15 is 0 Å². The summed E-state index contributed by atoms with van der Waals surface area (Å²) in [5, 5.41) is 22.8. The van der Waals surface area contributed by atoms with Gasteiger partial charge in [0.15, 0.2) is 10.3 Å². The number of methoxy groups -OCH3 is 2. The van der Waals surface area contributed by atoms with Crippen molar-refractivity contribution < 1.29 is 84.4 Å². The van der Waals surface area contributed by atoms with Crippen LogP contribution in [0.1, 0.15) is 192 Å². The van der Waals surface area contributed by atoms with Gasteiger partial charge in [-0.3, -0.25) is 28.3 Å². The number of thiazole rings is 2. The molecule has 4 aromatic heterocycles. The van der Waals surface area contributed by atoms with Crippen LogP contribution in [-0.2, 0) is 55.9 Å². The number of allylic oxidation sites excluding steroid dienone is 2. The standard InChI is InChI=1S/C43H59N6O9PS.C42H59N6O9PS/c1-6-55-59(53,56-7-2)43-24-28(43)15-11-9-8-10-12-18-33(47-42(52)58-29-16-13-14-17-29)40(51)49-25-31(22-37(49)39(50)48-43)57-38-23-35(36-26-60-41(46-36)44-27(3)4)45-34-21-30(54-5)19-20-32(34)38;1-9-54-58(52,55-10-2)42-23-27(42)16-14-12-11-13-15-17-31(46-40(51)57-41(5,6)7)38(50)48-24-29(21-35(48)37(49)47-42)56-36-22-33(34-25-59-39(45-34)43-26(3)4)44-32-20-28(53-8)18-19-30(32)36/h11,15,19-21,23,26-29,31,33,37H,6-10,12-14,16-18,22,24-25H2,1-5H3,(H,44,46)(H,47,52)(H,48,50);14,16,18-20,22,25-27,29,31,35H,9-13,15,17,21,23-24H2,1-8H3,(H,43,45)(H,46,51)(H,47,49)/b15-11-;16-14-/t28-,31-,33+,37+,43+;27-,29-,31+,35+,42+/m11/s1. The molecule has 0 spiro atoms. The van der Waals surface area contributed by atoms with Gasteiger partial charge in [-0.2, -0.15) is 0 Å². The van der Waals surface area contributed by atoms with E-state index in [1.165, 1.54) is 32.5 Å². The van der Waals surface area contributed by atoms with Gasteiger partial charge in [0.25, 0.3) is 0 Å². The van der Waals surface area contributed by atoms with Crippen molar-refractivity contribution in [2.45, 2.75) is 262 Å². The minimum absolute atomic E-state index is 0.0305. The third-order valence-corrected chi connectivity index (χ3v) is 29.2. The van der Waals surface area contributed by atoms with Crippen LogP contribution in [0.25, 0.3) is 44.6 Å². The van der Waals surface area contributed by atoms with Crippen molar-refractivity contribution in [2.24, 2.45) is 11.8 Å². The largest absolute Gasteiger partial charge is 0.497 e. The van der Waals surface area contributed by atoms with Gasteiger partial charge < -0.3 is 88.2 Å². The molecule has 0 bridgehead atoms. The Morgan fingerprint density at radius 1 is 0.546 bits per heavy atom. The van der Waals surface area contributed by atoms with E-state index in [-0.39, 0.29) is 82.4 Å². The number of hydrogen-bond donors (Lipinski definition) is 6. The highest BCUT2D eigenvalue weighted by molar-refractivity contribution is 7.56. The van der Waals surface area contributed by atoms with Crippen LogP contribution < -0.4 is 50.8 Å². The highest BCUT2D eigenvalue weighted by Gasteiger charge is 2.70. The summed E-state index contributed by atoms with van der Waals surface area (Å²) in [7, 11) is -4.55. The second-order valence-electron chi connectivity index (χ2n) is 32.9. The van der Waals surface area contributed by atoms with Crippen molar-refractivity contribution >= 4 is 106 Å². The highest BCUT2D eigenvalue weighted by Crippen LogP contribution is 2.74. The van der Waals surface area contributed by atoms with Crippen LogP contribution in [0.4, 0.5) is 19.9 Å². The topological polar surface area (TPSA) is 359 Å². The zero-order valence-corrected chi connectivity index (χ0v) is 74.1. The Balaban J connectivity index is 0.000000219. The predicted molar refractivity (Wildman–Crippen MR) is 458 cm³/mol. The van der Waals surface area contributed by atoms with E-state index in [0.717, 1.165) is 74.5 Å². The van der Waals surface area contributed by atoms with Crippen molar-refractivity contribution in [2.75, 3.05) is 64.4 Å². The second-order valence-corrected chi connectivity index (χ2v) is 39.2. The quantitative estimate of drug-likeness (QED) is 0.0229. The van der Waals surface area contributed by atoms with Gasteiger partial charge in [-0.15, -0.1) is 22.7 Å². The molecule has 3 saturated carbocycles. The van der Waals surface area contributed by atoms with Gasteiger partial charge in [-0.05, 0) is 177 Å². The Labute approximate surface area is 705 Å². The Kier molecular flexibility index (Phi) is 29.9. The Hall–Kier alpha value is -8.48. The summed E-state index contributed by atoms with van der Waals surface area (Å²) in [6.45, 7) is 21.0. The molecule has 5 fully saturated rings. The molecule has 6 amide bonds. The molecule has 2 aromatic carbocycles. The van der Waals surface area contributed by atoms with E-state index in [2.05, 4.69) is 38.0 Å². The average molecular weight is 1720 g/mol. The van der Waals surface area contributed by atoms with Crippen LogP contribution in [0.5, 0.6) is 23.0 Å². The Bertz CT molecular complexity index is 4720. The van der Waals surface area contributed by atoms with Gasteiger partial charge in [-0.25, -0.2) is 29.5 Å². The fraction of sp³-hybridized carbons (Fsp3) is 0.600. The SMILES string of the molecule is CCOP(=O)(OCC)[C@@]12C[C@H]1/C=C\CCCCC[C@H](NC(=O)OC(C)(C)C)C(=O)N1C[C@H](Oc3cc(-c4csc(NC(C)C)n4)nc4cc(OC)ccc34)C[C@H]1C(=O)N2.CCOP(=O)(OCC)[C@@]12C[C@H]1/C=C\CCCCC[C@H](NC(=O)OC1CCCC1)C(=O)N1C[C@H](Oc3cc(-c4csc(NC(C)C)n4)nc4cc(OC)ccc34)C[C@H]1C(=O)N2. The van der Waals surface area contributed by atoms with Crippen LogP contribution in [0.2, 0.25) is 0 Å². The van der Waals surface area contributed by atoms with Gasteiger partial charge >= 0.3 is 27.4 Å². The summed E-state index contributed by atoms with van der Waals surface area (Å²) < 4.78 is 88.5. The zero-order valence-electron chi connectivity index (χ0n) is 70.6. The van der Waals surface area contributed by atoms with E-state index in [4.69, 9.17) is 66.5 Å². The fourth-order valence-electron chi connectivity index (χ4n) is 16.2. The number of rotatable bonds is 25. The van der Waals surface area contributed by atoms with Gasteiger partial charge in [-0.1, -0.05) is 50.0 Å². The van der Waals surface area contributed by atoms with Gasteiger partial charge in [0.1, 0.15) is 93.0 Å². The lowest BCUT2D eigenvalue weighted by Gasteiger charge is -2.32. The molecule has 10 atom stereocenters. The molecule has 8 heterocycles. The number of carbonyl (C=O) groups excluding carboxylic acids is 6. The molecule has 119 heavy (non-hydrogen) atoms.